The predicted molar refractivity (Wildman–Crippen MR) is 81.1 cm³/mol. The Morgan fingerprint density at radius 2 is 2.20 bits per heavy atom. The van der Waals surface area contributed by atoms with E-state index in [1.165, 1.54) is 17.7 Å². The number of hydrogen-bond acceptors (Lipinski definition) is 6. The van der Waals surface area contributed by atoms with Gasteiger partial charge in [-0.3, -0.25) is 0 Å². The summed E-state index contributed by atoms with van der Waals surface area (Å²) in [7, 11) is 0. The molecule has 2 atom stereocenters. The molecule has 1 aliphatic heterocycles. The summed E-state index contributed by atoms with van der Waals surface area (Å²) >= 11 is 1.66. The van der Waals surface area contributed by atoms with E-state index in [0.29, 0.717) is 18.1 Å². The quantitative estimate of drug-likeness (QED) is 0.909. The number of anilines is 2. The highest BCUT2D eigenvalue weighted by Crippen LogP contribution is 2.40. The van der Waals surface area contributed by atoms with Crippen LogP contribution < -0.4 is 11.1 Å². The molecule has 2 aliphatic rings. The van der Waals surface area contributed by atoms with Crippen LogP contribution in [-0.2, 0) is 4.74 Å². The molecule has 6 heteroatoms. The minimum absolute atomic E-state index is 0.334. The van der Waals surface area contributed by atoms with Crippen LogP contribution in [-0.4, -0.2) is 28.7 Å². The van der Waals surface area contributed by atoms with Gasteiger partial charge in [-0.15, -0.1) is 11.3 Å². The van der Waals surface area contributed by atoms with Gasteiger partial charge >= 0.3 is 0 Å². The molecule has 0 aromatic carbocycles. The Morgan fingerprint density at radius 1 is 1.35 bits per heavy atom. The van der Waals surface area contributed by atoms with Crippen LogP contribution in [0.4, 0.5) is 11.8 Å². The Hall–Kier alpha value is -1.40. The van der Waals surface area contributed by atoms with Crippen molar-refractivity contribution in [1.82, 2.24) is 9.97 Å². The number of nitrogens with zero attached hydrogens (tertiary/aromatic N) is 2. The van der Waals surface area contributed by atoms with Crippen LogP contribution >= 0.6 is 11.3 Å². The van der Waals surface area contributed by atoms with Crippen LogP contribution in [0.25, 0.3) is 10.2 Å². The van der Waals surface area contributed by atoms with E-state index in [2.05, 4.69) is 28.3 Å². The van der Waals surface area contributed by atoms with Crippen molar-refractivity contribution in [3.63, 3.8) is 0 Å². The Labute approximate surface area is 121 Å². The summed E-state index contributed by atoms with van der Waals surface area (Å²) in [5.74, 6) is 1.93. The number of nitrogens with two attached hydrogens (primary N) is 1. The molecule has 2 unspecified atom stereocenters. The van der Waals surface area contributed by atoms with Crippen molar-refractivity contribution in [1.29, 1.82) is 0 Å². The molecule has 1 saturated carbocycles. The van der Waals surface area contributed by atoms with Gasteiger partial charge in [0.25, 0.3) is 0 Å². The van der Waals surface area contributed by atoms with E-state index in [4.69, 9.17) is 10.5 Å². The highest BCUT2D eigenvalue weighted by Gasteiger charge is 2.40. The Bertz CT molecular complexity index is 652. The van der Waals surface area contributed by atoms with E-state index in [-0.39, 0.29) is 0 Å². The van der Waals surface area contributed by atoms with Gasteiger partial charge in [0.05, 0.1) is 17.5 Å². The monoisotopic (exact) mass is 290 g/mol. The minimum atomic E-state index is 0.334. The third kappa shape index (κ3) is 2.13. The molecule has 2 fully saturated rings. The summed E-state index contributed by atoms with van der Waals surface area (Å²) in [6, 6.07) is 2.48. The van der Waals surface area contributed by atoms with Gasteiger partial charge in [-0.05, 0) is 38.2 Å². The smallest absolute Gasteiger partial charge is 0.223 e. The number of nitrogen functional groups attached to an aromatic ring is 1. The number of aromatic nitrogens is 2. The van der Waals surface area contributed by atoms with Gasteiger partial charge in [-0.25, -0.2) is 4.98 Å². The number of hydrogen-bond donors (Lipinski definition) is 2. The minimum Gasteiger partial charge on any atom is -0.376 e. The molecule has 1 aliphatic carbocycles. The normalized spacial score (nSPS) is 26.2. The van der Waals surface area contributed by atoms with Crippen LogP contribution in [0.15, 0.2) is 6.07 Å². The number of rotatable bonds is 3. The van der Waals surface area contributed by atoms with Crippen LogP contribution in [0.3, 0.4) is 0 Å². The fourth-order valence-electron chi connectivity index (χ4n) is 3.00. The van der Waals surface area contributed by atoms with Crippen LogP contribution in [0.2, 0.25) is 0 Å². The summed E-state index contributed by atoms with van der Waals surface area (Å²) in [4.78, 5) is 10.9. The molecule has 4 rings (SSSR count). The van der Waals surface area contributed by atoms with Crippen molar-refractivity contribution in [3.8, 4) is 0 Å². The third-order valence-electron chi connectivity index (χ3n) is 4.08. The van der Waals surface area contributed by atoms with Crippen LogP contribution in [0, 0.1) is 12.8 Å². The van der Waals surface area contributed by atoms with Crippen LogP contribution in [0.1, 0.15) is 24.1 Å². The fourth-order valence-corrected chi connectivity index (χ4v) is 3.89. The molecule has 2 aromatic heterocycles. The highest BCUT2D eigenvalue weighted by atomic mass is 32.1. The van der Waals surface area contributed by atoms with E-state index in [9.17, 15) is 0 Å². The molecule has 3 heterocycles. The maximum absolute atomic E-state index is 5.87. The molecule has 0 radical (unpaired) electrons. The third-order valence-corrected chi connectivity index (χ3v) is 5.02. The average molecular weight is 290 g/mol. The van der Waals surface area contributed by atoms with E-state index in [1.54, 1.807) is 11.3 Å². The first kappa shape index (κ1) is 12.3. The Balaban J connectivity index is 1.67. The van der Waals surface area contributed by atoms with Crippen LogP contribution in [0.5, 0.6) is 0 Å². The molecule has 0 spiro atoms. The zero-order valence-electron chi connectivity index (χ0n) is 11.4. The van der Waals surface area contributed by atoms with Crippen molar-refractivity contribution < 1.29 is 4.74 Å². The van der Waals surface area contributed by atoms with Gasteiger partial charge in [-0.2, -0.15) is 4.98 Å². The van der Waals surface area contributed by atoms with E-state index >= 15 is 0 Å². The molecule has 3 N–H and O–H groups in total. The summed E-state index contributed by atoms with van der Waals surface area (Å²) < 4.78 is 5.87. The Kier molecular flexibility index (Phi) is 2.82. The lowest BCUT2D eigenvalue weighted by Gasteiger charge is -2.20. The first-order valence-electron chi connectivity index (χ1n) is 7.12. The molecule has 5 nitrogen and oxygen atoms in total. The summed E-state index contributed by atoms with van der Waals surface area (Å²) in [5.41, 5.74) is 5.83. The average Bonchev–Trinajstić information content (AvgIpc) is 3.02. The lowest BCUT2D eigenvalue weighted by atomic mass is 10.1. The van der Waals surface area contributed by atoms with Gasteiger partial charge in [0.15, 0.2) is 0 Å². The van der Waals surface area contributed by atoms with Gasteiger partial charge in [0.2, 0.25) is 5.95 Å². The first-order valence-corrected chi connectivity index (χ1v) is 7.94. The molecule has 20 heavy (non-hydrogen) atoms. The number of ether oxygens (including phenoxy) is 1. The maximum Gasteiger partial charge on any atom is 0.223 e. The Morgan fingerprint density at radius 3 is 3.00 bits per heavy atom. The number of thiophene rings is 1. The molecule has 0 amide bonds. The zero-order valence-corrected chi connectivity index (χ0v) is 12.2. The second kappa shape index (κ2) is 4.56. The second-order valence-corrected chi connectivity index (χ2v) is 6.95. The molecular formula is C14H18N4OS. The zero-order chi connectivity index (χ0) is 13.7. The number of nitrogens with one attached hydrogen (secondary N) is 1. The SMILES string of the molecule is Cc1cc2c(NC3CCOC3C3CC3)nc(N)nc2s1. The van der Waals surface area contributed by atoms with Crippen molar-refractivity contribution in [2.24, 2.45) is 5.92 Å². The molecule has 2 aromatic rings. The fraction of sp³-hybridized carbons (Fsp3) is 0.571. The largest absolute Gasteiger partial charge is 0.376 e. The molecular weight excluding hydrogens is 272 g/mol. The van der Waals surface area contributed by atoms with Gasteiger partial charge in [0.1, 0.15) is 10.6 Å². The lowest BCUT2D eigenvalue weighted by molar-refractivity contribution is 0.0898. The van der Waals surface area contributed by atoms with Gasteiger partial charge in [0, 0.05) is 11.5 Å². The van der Waals surface area contributed by atoms with Crippen molar-refractivity contribution >= 4 is 33.3 Å². The summed E-state index contributed by atoms with van der Waals surface area (Å²) in [6.45, 7) is 2.92. The second-order valence-electron chi connectivity index (χ2n) is 5.72. The molecule has 1 saturated heterocycles. The molecule has 0 bridgehead atoms. The number of aryl methyl sites for hydroxylation is 1. The van der Waals surface area contributed by atoms with Gasteiger partial charge < -0.3 is 15.8 Å². The first-order chi connectivity index (χ1) is 9.70. The number of fused-ring (bicyclic) bond motifs is 1. The van der Waals surface area contributed by atoms with Crippen molar-refractivity contribution in [3.05, 3.63) is 10.9 Å². The van der Waals surface area contributed by atoms with E-state index < -0.39 is 0 Å². The summed E-state index contributed by atoms with van der Waals surface area (Å²) in [5, 5.41) is 4.63. The highest BCUT2D eigenvalue weighted by molar-refractivity contribution is 7.18. The van der Waals surface area contributed by atoms with E-state index in [1.807, 2.05) is 0 Å². The van der Waals surface area contributed by atoms with E-state index in [0.717, 1.165) is 35.0 Å². The summed E-state index contributed by atoms with van der Waals surface area (Å²) in [6.07, 6.45) is 3.96. The van der Waals surface area contributed by atoms with Crippen molar-refractivity contribution in [2.75, 3.05) is 17.7 Å². The predicted octanol–water partition coefficient (Wildman–Crippen LogP) is 2.56. The maximum atomic E-state index is 5.87. The molecule has 106 valence electrons. The van der Waals surface area contributed by atoms with Crippen molar-refractivity contribution in [2.45, 2.75) is 38.3 Å². The van der Waals surface area contributed by atoms with Gasteiger partial charge in [-0.1, -0.05) is 0 Å². The standard InChI is InChI=1S/C14H18N4OS/c1-7-6-9-12(17-14(15)18-13(9)20-7)16-10-4-5-19-11(10)8-2-3-8/h6,8,10-11H,2-5H2,1H3,(H3,15,16,17,18). The lowest BCUT2D eigenvalue weighted by Crippen LogP contribution is -2.31. The topological polar surface area (TPSA) is 73.1 Å².